The van der Waals surface area contributed by atoms with Crippen molar-refractivity contribution < 1.29 is 9.13 Å². The van der Waals surface area contributed by atoms with E-state index in [4.69, 9.17) is 10.5 Å². The van der Waals surface area contributed by atoms with Gasteiger partial charge in [-0.1, -0.05) is 24.8 Å². The predicted molar refractivity (Wildman–Crippen MR) is 77.2 cm³/mol. The summed E-state index contributed by atoms with van der Waals surface area (Å²) in [7, 11) is 0. The van der Waals surface area contributed by atoms with E-state index in [1.165, 1.54) is 23.9 Å². The van der Waals surface area contributed by atoms with E-state index in [9.17, 15) is 4.39 Å². The summed E-state index contributed by atoms with van der Waals surface area (Å²) in [6, 6.07) is 12.1. The van der Waals surface area contributed by atoms with Crippen LogP contribution in [0.2, 0.25) is 0 Å². The van der Waals surface area contributed by atoms with Crippen LogP contribution in [-0.4, -0.2) is 6.61 Å². The van der Waals surface area contributed by atoms with E-state index in [-0.39, 0.29) is 5.82 Å². The molecule has 2 aromatic rings. The molecule has 100 valence electrons. The maximum atomic E-state index is 12.9. The lowest BCUT2D eigenvalue weighted by molar-refractivity contribution is 0.318. The molecule has 0 aliphatic rings. The lowest BCUT2D eigenvalue weighted by Gasteiger charge is -2.11. The lowest BCUT2D eigenvalue weighted by Crippen LogP contribution is -1.99. The average Bonchev–Trinajstić information content (AvgIpc) is 2.42. The second-order valence-electron chi connectivity index (χ2n) is 4.07. The highest BCUT2D eigenvalue weighted by Gasteiger charge is 2.07. The number of rotatable bonds is 5. The van der Waals surface area contributed by atoms with Gasteiger partial charge in [-0.05, 0) is 42.8 Å². The molecule has 0 aliphatic heterocycles. The van der Waals surface area contributed by atoms with Gasteiger partial charge < -0.3 is 10.5 Å². The minimum absolute atomic E-state index is 0.239. The number of benzene rings is 2. The SMILES string of the molecule is CCCOc1cccc(Sc2ccc(F)cc2)c1N. The van der Waals surface area contributed by atoms with Gasteiger partial charge in [0.25, 0.3) is 0 Å². The molecule has 2 N–H and O–H groups in total. The molecule has 0 radical (unpaired) electrons. The van der Waals surface area contributed by atoms with Crippen molar-refractivity contribution in [3.8, 4) is 5.75 Å². The van der Waals surface area contributed by atoms with Gasteiger partial charge in [0.05, 0.1) is 12.3 Å². The molecular formula is C15H16FNOS. The molecular weight excluding hydrogens is 261 g/mol. The number of halogens is 1. The van der Waals surface area contributed by atoms with Crippen molar-refractivity contribution in [2.24, 2.45) is 0 Å². The average molecular weight is 277 g/mol. The monoisotopic (exact) mass is 277 g/mol. The Bertz CT molecular complexity index is 542. The topological polar surface area (TPSA) is 35.2 Å². The zero-order valence-corrected chi connectivity index (χ0v) is 11.5. The highest BCUT2D eigenvalue weighted by Crippen LogP contribution is 2.36. The highest BCUT2D eigenvalue weighted by molar-refractivity contribution is 7.99. The molecule has 2 aromatic carbocycles. The third-order valence-electron chi connectivity index (χ3n) is 2.53. The predicted octanol–water partition coefficient (Wildman–Crippen LogP) is 4.35. The number of para-hydroxylation sites is 1. The van der Waals surface area contributed by atoms with Gasteiger partial charge in [-0.15, -0.1) is 0 Å². The Labute approximate surface area is 116 Å². The zero-order valence-electron chi connectivity index (χ0n) is 10.7. The smallest absolute Gasteiger partial charge is 0.143 e. The van der Waals surface area contributed by atoms with Crippen LogP contribution < -0.4 is 10.5 Å². The van der Waals surface area contributed by atoms with Crippen LogP contribution in [0.5, 0.6) is 5.75 Å². The van der Waals surface area contributed by atoms with Crippen molar-refractivity contribution in [2.75, 3.05) is 12.3 Å². The molecule has 0 aromatic heterocycles. The first-order valence-electron chi connectivity index (χ1n) is 6.15. The molecule has 0 amide bonds. The number of anilines is 1. The Kier molecular flexibility index (Phi) is 4.68. The molecule has 0 heterocycles. The highest BCUT2D eigenvalue weighted by atomic mass is 32.2. The molecule has 0 bridgehead atoms. The third-order valence-corrected chi connectivity index (χ3v) is 3.61. The Morgan fingerprint density at radius 1 is 1.16 bits per heavy atom. The Morgan fingerprint density at radius 3 is 2.58 bits per heavy atom. The van der Waals surface area contributed by atoms with E-state index in [1.54, 1.807) is 12.1 Å². The summed E-state index contributed by atoms with van der Waals surface area (Å²) in [4.78, 5) is 1.86. The van der Waals surface area contributed by atoms with Crippen LogP contribution in [-0.2, 0) is 0 Å². The maximum absolute atomic E-state index is 12.9. The first-order valence-corrected chi connectivity index (χ1v) is 6.97. The van der Waals surface area contributed by atoms with Gasteiger partial charge in [0.15, 0.2) is 0 Å². The molecule has 0 spiro atoms. The molecule has 0 unspecified atom stereocenters. The number of nitrogens with two attached hydrogens (primary N) is 1. The normalized spacial score (nSPS) is 10.4. The van der Waals surface area contributed by atoms with Crippen LogP contribution >= 0.6 is 11.8 Å². The standard InChI is InChI=1S/C15H16FNOS/c1-2-10-18-13-4-3-5-14(15(13)17)19-12-8-6-11(16)7-9-12/h3-9H,2,10,17H2,1H3. The summed E-state index contributed by atoms with van der Waals surface area (Å²) in [6.07, 6.45) is 0.939. The van der Waals surface area contributed by atoms with Crippen molar-refractivity contribution in [3.63, 3.8) is 0 Å². The quantitative estimate of drug-likeness (QED) is 0.825. The number of hydrogen-bond donors (Lipinski definition) is 1. The largest absolute Gasteiger partial charge is 0.491 e. The minimum Gasteiger partial charge on any atom is -0.491 e. The summed E-state index contributed by atoms with van der Waals surface area (Å²) in [5.41, 5.74) is 6.71. The van der Waals surface area contributed by atoms with Crippen LogP contribution in [0.15, 0.2) is 52.3 Å². The van der Waals surface area contributed by atoms with E-state index in [0.717, 1.165) is 16.2 Å². The van der Waals surface area contributed by atoms with Gasteiger partial charge in [-0.25, -0.2) is 4.39 Å². The Balaban J connectivity index is 2.18. The summed E-state index contributed by atoms with van der Waals surface area (Å²) in [5.74, 6) is 0.464. The number of hydrogen-bond acceptors (Lipinski definition) is 3. The molecule has 19 heavy (non-hydrogen) atoms. The van der Waals surface area contributed by atoms with E-state index in [2.05, 4.69) is 0 Å². The van der Waals surface area contributed by atoms with Crippen molar-refractivity contribution in [1.82, 2.24) is 0 Å². The zero-order chi connectivity index (χ0) is 13.7. The summed E-state index contributed by atoms with van der Waals surface area (Å²) < 4.78 is 18.4. The number of ether oxygens (including phenoxy) is 1. The van der Waals surface area contributed by atoms with Crippen molar-refractivity contribution in [1.29, 1.82) is 0 Å². The van der Waals surface area contributed by atoms with Gasteiger partial charge in [0, 0.05) is 9.79 Å². The van der Waals surface area contributed by atoms with Gasteiger partial charge >= 0.3 is 0 Å². The molecule has 0 fully saturated rings. The minimum atomic E-state index is -0.239. The van der Waals surface area contributed by atoms with Crippen molar-refractivity contribution >= 4 is 17.4 Å². The fraction of sp³-hybridized carbons (Fsp3) is 0.200. The van der Waals surface area contributed by atoms with Crippen LogP contribution in [0.25, 0.3) is 0 Å². The maximum Gasteiger partial charge on any atom is 0.143 e. The molecule has 4 heteroatoms. The van der Waals surface area contributed by atoms with Gasteiger partial charge in [-0.3, -0.25) is 0 Å². The first kappa shape index (κ1) is 13.7. The summed E-state index contributed by atoms with van der Waals surface area (Å²) >= 11 is 1.50. The van der Waals surface area contributed by atoms with E-state index >= 15 is 0 Å². The second-order valence-corrected chi connectivity index (χ2v) is 5.19. The van der Waals surface area contributed by atoms with Crippen LogP contribution in [0.1, 0.15) is 13.3 Å². The summed E-state index contributed by atoms with van der Waals surface area (Å²) in [6.45, 7) is 2.70. The first-order chi connectivity index (χ1) is 9.20. The molecule has 2 nitrogen and oxygen atoms in total. The molecule has 0 saturated carbocycles. The van der Waals surface area contributed by atoms with Crippen molar-refractivity contribution in [3.05, 3.63) is 48.3 Å². The van der Waals surface area contributed by atoms with E-state index in [1.807, 2.05) is 25.1 Å². The van der Waals surface area contributed by atoms with Crippen LogP contribution in [0.4, 0.5) is 10.1 Å². The lowest BCUT2D eigenvalue weighted by atomic mass is 10.3. The second kappa shape index (κ2) is 6.48. The third kappa shape index (κ3) is 3.64. The van der Waals surface area contributed by atoms with Crippen LogP contribution in [0, 0.1) is 5.82 Å². The van der Waals surface area contributed by atoms with E-state index < -0.39 is 0 Å². The van der Waals surface area contributed by atoms with Crippen molar-refractivity contribution in [2.45, 2.75) is 23.1 Å². The molecule has 0 aliphatic carbocycles. The Hall–Kier alpha value is -1.68. The fourth-order valence-corrected chi connectivity index (χ4v) is 2.46. The van der Waals surface area contributed by atoms with E-state index in [0.29, 0.717) is 18.0 Å². The summed E-state index contributed by atoms with van der Waals surface area (Å²) in [5, 5.41) is 0. The van der Waals surface area contributed by atoms with Gasteiger partial charge in [-0.2, -0.15) is 0 Å². The fourth-order valence-electron chi connectivity index (χ4n) is 1.58. The molecule has 0 saturated heterocycles. The van der Waals surface area contributed by atoms with Gasteiger partial charge in [0.1, 0.15) is 11.6 Å². The van der Waals surface area contributed by atoms with Gasteiger partial charge in [0.2, 0.25) is 0 Å². The molecule has 2 rings (SSSR count). The number of nitrogen functional groups attached to an aromatic ring is 1. The Morgan fingerprint density at radius 2 is 1.89 bits per heavy atom. The van der Waals surface area contributed by atoms with Crippen LogP contribution in [0.3, 0.4) is 0 Å². The molecule has 0 atom stereocenters.